The van der Waals surface area contributed by atoms with Crippen molar-refractivity contribution in [3.63, 3.8) is 0 Å². The molecule has 31 heavy (non-hydrogen) atoms. The second kappa shape index (κ2) is 7.28. The third kappa shape index (κ3) is 3.20. The predicted molar refractivity (Wildman–Crippen MR) is 112 cm³/mol. The Labute approximate surface area is 173 Å². The quantitative estimate of drug-likeness (QED) is 0.443. The molecule has 9 heteroatoms. The fourth-order valence-corrected chi connectivity index (χ4v) is 3.54. The van der Waals surface area contributed by atoms with E-state index in [2.05, 4.69) is 25.3 Å². The molecular weight excluding hydrogens is 404 g/mol. The van der Waals surface area contributed by atoms with Crippen molar-refractivity contribution in [3.05, 3.63) is 82.7 Å². The molecule has 2 N–H and O–H groups in total. The Bertz CT molecular complexity index is 1490. The van der Waals surface area contributed by atoms with Gasteiger partial charge in [0.05, 0.1) is 17.9 Å². The van der Waals surface area contributed by atoms with Gasteiger partial charge in [-0.1, -0.05) is 18.2 Å². The number of benzene rings is 2. The van der Waals surface area contributed by atoms with Crippen molar-refractivity contribution in [1.29, 1.82) is 0 Å². The van der Waals surface area contributed by atoms with Crippen LogP contribution in [0, 0.1) is 11.6 Å². The molecule has 0 spiro atoms. The van der Waals surface area contributed by atoms with Crippen LogP contribution >= 0.6 is 0 Å². The molecular formula is C22H15F2N5O2. The number of H-pyrrole nitrogens is 1. The topological polar surface area (TPSA) is 96.7 Å². The molecule has 0 amide bonds. The van der Waals surface area contributed by atoms with Gasteiger partial charge in [-0.25, -0.2) is 23.7 Å². The summed E-state index contributed by atoms with van der Waals surface area (Å²) in [5.74, 6) is -0.720. The zero-order valence-corrected chi connectivity index (χ0v) is 16.2. The summed E-state index contributed by atoms with van der Waals surface area (Å²) in [7, 11) is 0. The van der Waals surface area contributed by atoms with E-state index in [1.807, 2.05) is 0 Å². The van der Waals surface area contributed by atoms with Gasteiger partial charge in [0, 0.05) is 5.56 Å². The van der Waals surface area contributed by atoms with Crippen molar-refractivity contribution in [3.8, 4) is 11.1 Å². The molecule has 1 atom stereocenters. The summed E-state index contributed by atoms with van der Waals surface area (Å²) in [5, 5.41) is 2.98. The van der Waals surface area contributed by atoms with Gasteiger partial charge in [-0.05, 0) is 30.7 Å². The number of nitrogens with zero attached hydrogens (tertiary/aromatic N) is 3. The Morgan fingerprint density at radius 2 is 1.97 bits per heavy atom. The molecule has 3 heterocycles. The molecule has 7 nitrogen and oxygen atoms in total. The van der Waals surface area contributed by atoms with E-state index >= 15 is 0 Å². The number of aromatic nitrogens is 4. The summed E-state index contributed by atoms with van der Waals surface area (Å²) in [6.45, 7) is 1.78. The minimum Gasteiger partial charge on any atom is -0.463 e. The molecule has 2 aromatic carbocycles. The lowest BCUT2D eigenvalue weighted by Gasteiger charge is -2.16. The molecule has 0 bridgehead atoms. The van der Waals surface area contributed by atoms with Gasteiger partial charge in [-0.3, -0.25) is 4.79 Å². The summed E-state index contributed by atoms with van der Waals surface area (Å²) in [5.41, 5.74) is 1.44. The molecule has 0 aliphatic heterocycles. The van der Waals surface area contributed by atoms with Crippen LogP contribution in [-0.4, -0.2) is 19.9 Å². The SMILES string of the molecule is CC(Nc1ncnc2nc[nH]c12)c1ccc(-c2coc3cccc(F)c3c2=O)cc1F. The normalized spacial score (nSPS) is 12.4. The average Bonchev–Trinajstić information content (AvgIpc) is 3.24. The molecule has 5 aromatic rings. The zero-order valence-electron chi connectivity index (χ0n) is 16.2. The number of anilines is 1. The van der Waals surface area contributed by atoms with Gasteiger partial charge in [0.25, 0.3) is 0 Å². The van der Waals surface area contributed by atoms with Crippen molar-refractivity contribution in [2.24, 2.45) is 0 Å². The Hall–Kier alpha value is -4.14. The highest BCUT2D eigenvalue weighted by atomic mass is 19.1. The molecule has 1 unspecified atom stereocenters. The van der Waals surface area contributed by atoms with E-state index in [1.165, 1.54) is 43.2 Å². The van der Waals surface area contributed by atoms with Gasteiger partial charge < -0.3 is 14.7 Å². The second-order valence-electron chi connectivity index (χ2n) is 7.02. The molecule has 0 saturated carbocycles. The van der Waals surface area contributed by atoms with Crippen LogP contribution in [0.5, 0.6) is 0 Å². The second-order valence-corrected chi connectivity index (χ2v) is 7.02. The largest absolute Gasteiger partial charge is 0.463 e. The highest BCUT2D eigenvalue weighted by Crippen LogP contribution is 2.28. The molecule has 0 aliphatic carbocycles. The average molecular weight is 419 g/mol. The van der Waals surface area contributed by atoms with Crippen molar-refractivity contribution in [2.75, 3.05) is 5.32 Å². The molecule has 0 fully saturated rings. The minimum absolute atomic E-state index is 0.0821. The van der Waals surface area contributed by atoms with Crippen molar-refractivity contribution in [1.82, 2.24) is 19.9 Å². The maximum atomic E-state index is 15.0. The predicted octanol–water partition coefficient (Wildman–Crippen LogP) is 4.58. The Kier molecular flexibility index (Phi) is 4.43. The van der Waals surface area contributed by atoms with Crippen LogP contribution in [0.15, 0.2) is 64.5 Å². The maximum absolute atomic E-state index is 15.0. The van der Waals surface area contributed by atoms with Gasteiger partial charge >= 0.3 is 0 Å². The fourth-order valence-electron chi connectivity index (χ4n) is 3.54. The van der Waals surface area contributed by atoms with Crippen molar-refractivity contribution >= 4 is 28.0 Å². The maximum Gasteiger partial charge on any atom is 0.203 e. The summed E-state index contributed by atoms with van der Waals surface area (Å²) in [6.07, 6.45) is 4.09. The number of hydrogen-bond donors (Lipinski definition) is 2. The Balaban J connectivity index is 1.50. The summed E-state index contributed by atoms with van der Waals surface area (Å²) >= 11 is 0. The van der Waals surface area contributed by atoms with Gasteiger partial charge in [-0.15, -0.1) is 0 Å². The van der Waals surface area contributed by atoms with E-state index in [0.29, 0.717) is 28.1 Å². The number of aromatic amines is 1. The zero-order chi connectivity index (χ0) is 21.5. The lowest BCUT2D eigenvalue weighted by Crippen LogP contribution is -2.11. The van der Waals surface area contributed by atoms with Crippen LogP contribution in [0.1, 0.15) is 18.5 Å². The van der Waals surface area contributed by atoms with Crippen LogP contribution in [-0.2, 0) is 0 Å². The number of nitrogens with one attached hydrogen (secondary N) is 2. The Morgan fingerprint density at radius 3 is 2.81 bits per heavy atom. The van der Waals surface area contributed by atoms with Crippen LogP contribution in [0.4, 0.5) is 14.6 Å². The van der Waals surface area contributed by atoms with E-state index in [9.17, 15) is 13.6 Å². The first kappa shape index (κ1) is 18.9. The highest BCUT2D eigenvalue weighted by molar-refractivity contribution is 5.83. The first-order chi connectivity index (χ1) is 15.0. The standard InChI is InChI=1S/C22H15F2N5O2/c1-11(29-22-19-21(26-9-25-19)27-10-28-22)13-6-5-12(7-16(13)24)14-8-31-17-4-2-3-15(23)18(17)20(14)30/h2-11H,1H3,(H2,25,26,27,28,29). The van der Waals surface area contributed by atoms with Gasteiger partial charge in [0.15, 0.2) is 11.5 Å². The lowest BCUT2D eigenvalue weighted by atomic mass is 10.0. The van der Waals surface area contributed by atoms with Gasteiger partial charge in [-0.2, -0.15) is 0 Å². The first-order valence-corrected chi connectivity index (χ1v) is 9.43. The molecule has 5 rings (SSSR count). The monoisotopic (exact) mass is 419 g/mol. The first-order valence-electron chi connectivity index (χ1n) is 9.43. The van der Waals surface area contributed by atoms with Gasteiger partial charge in [0.1, 0.15) is 40.7 Å². The van der Waals surface area contributed by atoms with Crippen LogP contribution in [0.2, 0.25) is 0 Å². The molecule has 0 radical (unpaired) electrons. The number of halogens is 2. The smallest absolute Gasteiger partial charge is 0.203 e. The molecule has 0 saturated heterocycles. The van der Waals surface area contributed by atoms with Crippen molar-refractivity contribution in [2.45, 2.75) is 13.0 Å². The van der Waals surface area contributed by atoms with Crippen LogP contribution < -0.4 is 10.7 Å². The molecule has 0 aliphatic rings. The van der Waals surface area contributed by atoms with Crippen LogP contribution in [0.3, 0.4) is 0 Å². The lowest BCUT2D eigenvalue weighted by molar-refractivity contribution is 0.592. The Morgan fingerprint density at radius 1 is 1.10 bits per heavy atom. The van der Waals surface area contributed by atoms with E-state index in [1.54, 1.807) is 19.1 Å². The summed E-state index contributed by atoms with van der Waals surface area (Å²) < 4.78 is 34.5. The third-order valence-electron chi connectivity index (χ3n) is 5.10. The van der Waals surface area contributed by atoms with E-state index in [-0.39, 0.29) is 16.5 Å². The third-order valence-corrected chi connectivity index (χ3v) is 5.10. The van der Waals surface area contributed by atoms with Crippen molar-refractivity contribution < 1.29 is 13.2 Å². The minimum atomic E-state index is -0.682. The molecule has 154 valence electrons. The highest BCUT2D eigenvalue weighted by Gasteiger charge is 2.17. The van der Waals surface area contributed by atoms with E-state index < -0.39 is 23.1 Å². The van der Waals surface area contributed by atoms with E-state index in [0.717, 1.165) is 0 Å². The van der Waals surface area contributed by atoms with E-state index in [4.69, 9.17) is 4.42 Å². The molecule has 3 aromatic heterocycles. The number of rotatable bonds is 4. The van der Waals surface area contributed by atoms with Gasteiger partial charge in [0.2, 0.25) is 5.43 Å². The fraction of sp³-hybridized carbons (Fsp3) is 0.0909. The summed E-state index contributed by atoms with van der Waals surface area (Å²) in [6, 6.07) is 8.10. The number of hydrogen-bond acceptors (Lipinski definition) is 6. The number of imidazole rings is 1. The van der Waals surface area contributed by atoms with Crippen LogP contribution in [0.25, 0.3) is 33.3 Å². The summed E-state index contributed by atoms with van der Waals surface area (Å²) in [4.78, 5) is 28.0. The number of fused-ring (bicyclic) bond motifs is 2.